The number of hydrogen-bond acceptors (Lipinski definition) is 3. The van der Waals surface area contributed by atoms with Crippen molar-refractivity contribution in [3.8, 4) is 5.75 Å². The average Bonchev–Trinajstić information content (AvgIpc) is 2.49. The van der Waals surface area contributed by atoms with Crippen LogP contribution in [-0.2, 0) is 4.79 Å². The molecule has 2 N–H and O–H groups in total. The zero-order chi connectivity index (χ0) is 16.5. The van der Waals surface area contributed by atoms with Crippen LogP contribution in [0.4, 0.5) is 0 Å². The van der Waals surface area contributed by atoms with Crippen molar-refractivity contribution in [2.75, 3.05) is 19.7 Å². The minimum Gasteiger partial charge on any atom is -0.493 e. The molecule has 0 aliphatic heterocycles. The molecule has 0 atom stereocenters. The summed E-state index contributed by atoms with van der Waals surface area (Å²) < 4.78 is 5.60. The molecule has 0 bridgehead atoms. The van der Waals surface area contributed by atoms with Crippen LogP contribution in [-0.4, -0.2) is 31.5 Å². The maximum absolute atomic E-state index is 12.0. The highest BCUT2D eigenvalue weighted by molar-refractivity contribution is 5.94. The fraction of sp³-hybridized carbons (Fsp3) is 0.529. The van der Waals surface area contributed by atoms with Gasteiger partial charge in [-0.2, -0.15) is 0 Å². The van der Waals surface area contributed by atoms with Crippen molar-refractivity contribution in [2.45, 2.75) is 27.7 Å². The monoisotopic (exact) mass is 306 g/mol. The van der Waals surface area contributed by atoms with Crippen LogP contribution in [0.1, 0.15) is 38.1 Å². The fourth-order valence-corrected chi connectivity index (χ4v) is 1.66. The van der Waals surface area contributed by atoms with Gasteiger partial charge < -0.3 is 15.4 Å². The molecule has 5 heteroatoms. The van der Waals surface area contributed by atoms with E-state index in [0.29, 0.717) is 36.9 Å². The summed E-state index contributed by atoms with van der Waals surface area (Å²) in [5.41, 5.74) is 0.552. The van der Waals surface area contributed by atoms with Crippen LogP contribution >= 0.6 is 0 Å². The normalized spacial score (nSPS) is 10.6. The molecular weight excluding hydrogens is 280 g/mol. The summed E-state index contributed by atoms with van der Waals surface area (Å²) in [6.45, 7) is 9.24. The molecule has 0 aliphatic carbocycles. The Morgan fingerprint density at radius 1 is 1.09 bits per heavy atom. The average molecular weight is 306 g/mol. The van der Waals surface area contributed by atoms with Crippen molar-refractivity contribution in [2.24, 2.45) is 11.8 Å². The molecule has 0 unspecified atom stereocenters. The molecule has 0 radical (unpaired) electrons. The summed E-state index contributed by atoms with van der Waals surface area (Å²) in [6.07, 6.45) is 0. The molecule has 0 saturated heterocycles. The lowest BCUT2D eigenvalue weighted by Crippen LogP contribution is -2.36. The van der Waals surface area contributed by atoms with E-state index < -0.39 is 0 Å². The molecule has 2 amide bonds. The summed E-state index contributed by atoms with van der Waals surface area (Å²) in [7, 11) is 0. The molecule has 1 aromatic carbocycles. The fourth-order valence-electron chi connectivity index (χ4n) is 1.66. The molecule has 0 fully saturated rings. The van der Waals surface area contributed by atoms with Crippen LogP contribution in [0.15, 0.2) is 24.3 Å². The molecule has 0 saturated carbocycles. The van der Waals surface area contributed by atoms with E-state index in [9.17, 15) is 9.59 Å². The van der Waals surface area contributed by atoms with E-state index in [1.54, 1.807) is 18.2 Å². The lowest BCUT2D eigenvalue weighted by atomic mass is 10.2. The maximum Gasteiger partial charge on any atom is 0.251 e. The van der Waals surface area contributed by atoms with Crippen molar-refractivity contribution < 1.29 is 14.3 Å². The third-order valence-electron chi connectivity index (χ3n) is 2.91. The van der Waals surface area contributed by atoms with Gasteiger partial charge in [-0.15, -0.1) is 0 Å². The zero-order valence-corrected chi connectivity index (χ0v) is 13.8. The Labute approximate surface area is 132 Å². The first-order valence-electron chi connectivity index (χ1n) is 7.69. The summed E-state index contributed by atoms with van der Waals surface area (Å²) in [6, 6.07) is 7.10. The maximum atomic E-state index is 12.0. The summed E-state index contributed by atoms with van der Waals surface area (Å²) in [4.78, 5) is 23.4. The quantitative estimate of drug-likeness (QED) is 0.724. The molecule has 5 nitrogen and oxygen atoms in total. The van der Waals surface area contributed by atoms with Crippen molar-refractivity contribution in [3.63, 3.8) is 0 Å². The van der Waals surface area contributed by atoms with Gasteiger partial charge in [-0.05, 0) is 24.1 Å². The molecule has 0 heterocycles. The minimum atomic E-state index is -0.172. The third-order valence-corrected chi connectivity index (χ3v) is 2.91. The highest BCUT2D eigenvalue weighted by Gasteiger charge is 2.08. The predicted octanol–water partition coefficient (Wildman–Crippen LogP) is 2.22. The number of carbonyl (C=O) groups is 2. The van der Waals surface area contributed by atoms with Gasteiger partial charge in [0, 0.05) is 24.6 Å². The number of carbonyl (C=O) groups excluding carboxylic acids is 2. The van der Waals surface area contributed by atoms with E-state index in [0.717, 1.165) is 0 Å². The van der Waals surface area contributed by atoms with E-state index in [-0.39, 0.29) is 17.7 Å². The van der Waals surface area contributed by atoms with Crippen LogP contribution in [0.2, 0.25) is 0 Å². The topological polar surface area (TPSA) is 67.4 Å². The van der Waals surface area contributed by atoms with E-state index in [1.165, 1.54) is 0 Å². The number of ether oxygens (including phenoxy) is 1. The van der Waals surface area contributed by atoms with Gasteiger partial charge in [0.1, 0.15) is 5.75 Å². The van der Waals surface area contributed by atoms with Gasteiger partial charge >= 0.3 is 0 Å². The molecule has 1 rings (SSSR count). The lowest BCUT2D eigenvalue weighted by molar-refractivity contribution is -0.123. The first-order valence-corrected chi connectivity index (χ1v) is 7.69. The summed E-state index contributed by atoms with van der Waals surface area (Å²) in [5.74, 6) is 0.883. The van der Waals surface area contributed by atoms with Gasteiger partial charge in [0.05, 0.1) is 6.61 Å². The van der Waals surface area contributed by atoms with Crippen molar-refractivity contribution in [1.29, 1.82) is 0 Å². The number of rotatable bonds is 8. The zero-order valence-electron chi connectivity index (χ0n) is 13.8. The third kappa shape index (κ3) is 6.61. The predicted molar refractivity (Wildman–Crippen MR) is 87.0 cm³/mol. The Morgan fingerprint density at radius 3 is 2.41 bits per heavy atom. The standard InChI is InChI=1S/C17H26N2O3/c1-12(2)11-22-15-7-5-6-14(10-15)17(21)19-9-8-18-16(20)13(3)4/h5-7,10,12-13H,8-9,11H2,1-4H3,(H,18,20)(H,19,21). The summed E-state index contributed by atoms with van der Waals surface area (Å²) >= 11 is 0. The van der Waals surface area contributed by atoms with Crippen LogP contribution in [0.3, 0.4) is 0 Å². The van der Waals surface area contributed by atoms with E-state index >= 15 is 0 Å². The Balaban J connectivity index is 2.42. The molecule has 122 valence electrons. The molecule has 0 aromatic heterocycles. The Hall–Kier alpha value is -2.04. The number of benzene rings is 1. The molecule has 0 spiro atoms. The van der Waals surface area contributed by atoms with E-state index in [1.807, 2.05) is 19.9 Å². The van der Waals surface area contributed by atoms with Gasteiger partial charge in [0.2, 0.25) is 5.91 Å². The lowest BCUT2D eigenvalue weighted by Gasteiger charge is -2.11. The van der Waals surface area contributed by atoms with Gasteiger partial charge in [-0.1, -0.05) is 33.8 Å². The van der Waals surface area contributed by atoms with Crippen LogP contribution in [0, 0.1) is 11.8 Å². The van der Waals surface area contributed by atoms with Crippen molar-refractivity contribution in [3.05, 3.63) is 29.8 Å². The van der Waals surface area contributed by atoms with Crippen LogP contribution in [0.5, 0.6) is 5.75 Å². The Morgan fingerprint density at radius 2 is 1.77 bits per heavy atom. The van der Waals surface area contributed by atoms with Gasteiger partial charge in [-0.25, -0.2) is 0 Å². The number of hydrogen-bond donors (Lipinski definition) is 2. The first-order chi connectivity index (χ1) is 10.4. The van der Waals surface area contributed by atoms with Gasteiger partial charge in [0.15, 0.2) is 0 Å². The van der Waals surface area contributed by atoms with Gasteiger partial charge in [-0.3, -0.25) is 9.59 Å². The minimum absolute atomic E-state index is 0.0154. The van der Waals surface area contributed by atoms with E-state index in [2.05, 4.69) is 24.5 Å². The van der Waals surface area contributed by atoms with E-state index in [4.69, 9.17) is 4.74 Å². The Kier molecular flexibility index (Phi) is 7.43. The highest BCUT2D eigenvalue weighted by atomic mass is 16.5. The second-order valence-corrected chi connectivity index (χ2v) is 5.93. The SMILES string of the molecule is CC(C)COc1cccc(C(=O)NCCNC(=O)C(C)C)c1. The van der Waals surface area contributed by atoms with Crippen molar-refractivity contribution >= 4 is 11.8 Å². The molecular formula is C17H26N2O3. The largest absolute Gasteiger partial charge is 0.493 e. The number of amides is 2. The summed E-state index contributed by atoms with van der Waals surface area (Å²) in [5, 5.41) is 5.53. The molecule has 1 aromatic rings. The van der Waals surface area contributed by atoms with Crippen LogP contribution in [0.25, 0.3) is 0 Å². The van der Waals surface area contributed by atoms with Gasteiger partial charge in [0.25, 0.3) is 5.91 Å². The second kappa shape index (κ2) is 9.07. The highest BCUT2D eigenvalue weighted by Crippen LogP contribution is 2.14. The smallest absolute Gasteiger partial charge is 0.251 e. The van der Waals surface area contributed by atoms with Crippen molar-refractivity contribution in [1.82, 2.24) is 10.6 Å². The molecule has 0 aliphatic rings. The van der Waals surface area contributed by atoms with Crippen LogP contribution < -0.4 is 15.4 Å². The Bertz CT molecular complexity index is 498. The molecule has 22 heavy (non-hydrogen) atoms. The number of nitrogens with one attached hydrogen (secondary N) is 2. The first kappa shape index (κ1) is 18.0. The second-order valence-electron chi connectivity index (χ2n) is 5.93.